The van der Waals surface area contributed by atoms with E-state index < -0.39 is 7.12 Å². The summed E-state index contributed by atoms with van der Waals surface area (Å²) in [5.74, 6) is 0.390. The quantitative estimate of drug-likeness (QED) is 0.348. The fraction of sp³-hybridized carbons (Fsp3) is 1.00. The fourth-order valence-corrected chi connectivity index (χ4v) is 0.283. The van der Waals surface area contributed by atoms with Gasteiger partial charge in [-0.05, 0) is 11.6 Å². The van der Waals surface area contributed by atoms with Crippen molar-refractivity contribution in [1.29, 1.82) is 0 Å². The fourth-order valence-electron chi connectivity index (χ4n) is 0.0943. The van der Waals surface area contributed by atoms with E-state index >= 15 is 0 Å². The second kappa shape index (κ2) is 3.35. The van der Waals surface area contributed by atoms with E-state index in [0.717, 1.165) is 0 Å². The van der Waals surface area contributed by atoms with E-state index in [2.05, 4.69) is 12.6 Å². The Kier molecular flexibility index (Phi) is 3.51. The summed E-state index contributed by atoms with van der Waals surface area (Å²) >= 11 is 3.83. The predicted octanol–water partition coefficient (Wildman–Crippen LogP) is -0.221. The molecule has 4 heteroatoms. The van der Waals surface area contributed by atoms with Gasteiger partial charge < -0.3 is 10.0 Å². The first-order chi connectivity index (χ1) is 3.18. The lowest BCUT2D eigenvalue weighted by Crippen LogP contribution is -2.18. The molecule has 0 amide bonds. The van der Waals surface area contributed by atoms with E-state index in [-0.39, 0.29) is 5.82 Å². The van der Waals surface area contributed by atoms with Crippen molar-refractivity contribution in [3.05, 3.63) is 0 Å². The highest BCUT2D eigenvalue weighted by atomic mass is 32.1. The minimum Gasteiger partial charge on any atom is -0.427 e. The average Bonchev–Trinajstić information content (AvgIpc) is 1.65. The molecule has 0 aromatic carbocycles. The van der Waals surface area contributed by atoms with Gasteiger partial charge in [0.05, 0.1) is 0 Å². The molecule has 42 valence electrons. The summed E-state index contributed by atoms with van der Waals surface area (Å²) in [6.07, 6.45) is 0. The van der Waals surface area contributed by atoms with Crippen LogP contribution >= 0.6 is 12.6 Å². The SMILES string of the molecule is CC(CS)B(O)O. The molecule has 0 aromatic rings. The van der Waals surface area contributed by atoms with Gasteiger partial charge in [-0.2, -0.15) is 12.6 Å². The molecular formula is C3H9BO2S. The molecule has 1 unspecified atom stereocenters. The van der Waals surface area contributed by atoms with Crippen molar-refractivity contribution in [2.24, 2.45) is 0 Å². The highest BCUT2D eigenvalue weighted by molar-refractivity contribution is 7.80. The Hall–Kier alpha value is 0.335. The standard InChI is InChI=1S/C3H9BO2S/c1-3(2-7)4(5)6/h3,5-7H,2H2,1H3. The third-order valence-corrected chi connectivity index (χ3v) is 1.37. The predicted molar refractivity (Wildman–Crippen MR) is 33.5 cm³/mol. The minimum atomic E-state index is -1.21. The van der Waals surface area contributed by atoms with Crippen LogP contribution in [-0.2, 0) is 0 Å². The van der Waals surface area contributed by atoms with Crippen molar-refractivity contribution in [3.63, 3.8) is 0 Å². The molecule has 0 rings (SSSR count). The number of hydrogen-bond donors (Lipinski definition) is 3. The molecule has 1 atom stereocenters. The first-order valence-corrected chi connectivity index (χ1v) is 2.78. The minimum absolute atomic E-state index is 0.122. The topological polar surface area (TPSA) is 40.5 Å². The highest BCUT2D eigenvalue weighted by Crippen LogP contribution is 2.04. The highest BCUT2D eigenvalue weighted by Gasteiger charge is 2.14. The Bertz CT molecular complexity index is 50.2. The van der Waals surface area contributed by atoms with Crippen LogP contribution < -0.4 is 0 Å². The van der Waals surface area contributed by atoms with Crippen molar-refractivity contribution in [1.82, 2.24) is 0 Å². The van der Waals surface area contributed by atoms with E-state index in [1.54, 1.807) is 6.92 Å². The molecule has 0 aliphatic carbocycles. The van der Waals surface area contributed by atoms with E-state index in [9.17, 15) is 0 Å². The van der Waals surface area contributed by atoms with Gasteiger partial charge in [-0.25, -0.2) is 0 Å². The van der Waals surface area contributed by atoms with Crippen molar-refractivity contribution < 1.29 is 10.0 Å². The van der Waals surface area contributed by atoms with Crippen LogP contribution in [-0.4, -0.2) is 22.9 Å². The molecular weight excluding hydrogens is 111 g/mol. The molecule has 2 N–H and O–H groups in total. The number of rotatable bonds is 2. The van der Waals surface area contributed by atoms with Gasteiger partial charge in [0.25, 0.3) is 0 Å². The first kappa shape index (κ1) is 7.33. The Morgan fingerprint density at radius 3 is 2.14 bits per heavy atom. The van der Waals surface area contributed by atoms with Gasteiger partial charge in [0.1, 0.15) is 0 Å². The smallest absolute Gasteiger partial charge is 0.427 e. The maximum absolute atomic E-state index is 8.33. The van der Waals surface area contributed by atoms with Crippen LogP contribution in [0.3, 0.4) is 0 Å². The second-order valence-corrected chi connectivity index (χ2v) is 1.94. The Morgan fingerprint density at radius 1 is 1.71 bits per heavy atom. The summed E-state index contributed by atoms with van der Waals surface area (Å²) in [6, 6.07) is 0. The number of thiol groups is 1. The van der Waals surface area contributed by atoms with Crippen molar-refractivity contribution >= 4 is 19.7 Å². The molecule has 0 bridgehead atoms. The van der Waals surface area contributed by atoms with Crippen LogP contribution in [0.4, 0.5) is 0 Å². The third kappa shape index (κ3) is 2.97. The van der Waals surface area contributed by atoms with Crippen LogP contribution in [0.15, 0.2) is 0 Å². The van der Waals surface area contributed by atoms with Gasteiger partial charge in [0, 0.05) is 0 Å². The molecule has 0 saturated heterocycles. The van der Waals surface area contributed by atoms with Gasteiger partial charge in [0.2, 0.25) is 0 Å². The monoisotopic (exact) mass is 120 g/mol. The Labute approximate surface area is 49.1 Å². The maximum atomic E-state index is 8.33. The van der Waals surface area contributed by atoms with Crippen LogP contribution in [0, 0.1) is 0 Å². The van der Waals surface area contributed by atoms with Crippen molar-refractivity contribution in [3.8, 4) is 0 Å². The molecule has 0 fully saturated rings. The zero-order valence-electron chi connectivity index (χ0n) is 4.20. The summed E-state index contributed by atoms with van der Waals surface area (Å²) < 4.78 is 0. The van der Waals surface area contributed by atoms with Gasteiger partial charge >= 0.3 is 7.12 Å². The van der Waals surface area contributed by atoms with Crippen LogP contribution in [0.1, 0.15) is 6.92 Å². The van der Waals surface area contributed by atoms with Crippen LogP contribution in [0.5, 0.6) is 0 Å². The van der Waals surface area contributed by atoms with E-state index in [4.69, 9.17) is 10.0 Å². The summed E-state index contributed by atoms with van der Waals surface area (Å²) in [6.45, 7) is 1.72. The van der Waals surface area contributed by atoms with Gasteiger partial charge in [-0.1, -0.05) is 6.92 Å². The molecule has 0 saturated carbocycles. The first-order valence-electron chi connectivity index (χ1n) is 2.15. The van der Waals surface area contributed by atoms with E-state index in [1.807, 2.05) is 0 Å². The van der Waals surface area contributed by atoms with E-state index in [1.165, 1.54) is 0 Å². The largest absolute Gasteiger partial charge is 0.455 e. The van der Waals surface area contributed by atoms with Crippen molar-refractivity contribution in [2.75, 3.05) is 5.75 Å². The normalized spacial score (nSPS) is 13.7. The average molecular weight is 120 g/mol. The Balaban J connectivity index is 3.14. The van der Waals surface area contributed by atoms with Gasteiger partial charge in [0.15, 0.2) is 0 Å². The zero-order valence-corrected chi connectivity index (χ0v) is 5.10. The van der Waals surface area contributed by atoms with Gasteiger partial charge in [-0.15, -0.1) is 0 Å². The molecule has 0 aromatic heterocycles. The lowest BCUT2D eigenvalue weighted by molar-refractivity contribution is 0.393. The van der Waals surface area contributed by atoms with Gasteiger partial charge in [-0.3, -0.25) is 0 Å². The van der Waals surface area contributed by atoms with Crippen LogP contribution in [0.25, 0.3) is 0 Å². The van der Waals surface area contributed by atoms with E-state index in [0.29, 0.717) is 5.75 Å². The summed E-state index contributed by atoms with van der Waals surface area (Å²) in [4.78, 5) is 0. The molecule has 0 aliphatic heterocycles. The summed E-state index contributed by atoms with van der Waals surface area (Å²) in [5, 5.41) is 16.7. The lowest BCUT2D eigenvalue weighted by atomic mass is 9.76. The zero-order chi connectivity index (χ0) is 5.86. The lowest BCUT2D eigenvalue weighted by Gasteiger charge is -2.02. The van der Waals surface area contributed by atoms with Crippen molar-refractivity contribution in [2.45, 2.75) is 12.7 Å². The summed E-state index contributed by atoms with van der Waals surface area (Å²) in [7, 11) is -1.21. The maximum Gasteiger partial charge on any atom is 0.455 e. The molecule has 0 radical (unpaired) electrons. The third-order valence-electron chi connectivity index (χ3n) is 0.797. The molecule has 0 spiro atoms. The molecule has 0 heterocycles. The second-order valence-electron chi connectivity index (χ2n) is 1.57. The molecule has 0 aliphatic rings. The van der Waals surface area contributed by atoms with Crippen LogP contribution in [0.2, 0.25) is 5.82 Å². The molecule has 7 heavy (non-hydrogen) atoms. The Morgan fingerprint density at radius 2 is 2.14 bits per heavy atom. The summed E-state index contributed by atoms with van der Waals surface area (Å²) in [5.41, 5.74) is 0. The number of hydrogen-bond acceptors (Lipinski definition) is 3. The molecule has 2 nitrogen and oxygen atoms in total.